The van der Waals surface area contributed by atoms with Gasteiger partial charge in [0.05, 0.1) is 12.0 Å². The van der Waals surface area contributed by atoms with Crippen molar-refractivity contribution >= 4 is 0 Å². The van der Waals surface area contributed by atoms with Crippen LogP contribution in [0, 0.1) is 12.8 Å². The van der Waals surface area contributed by atoms with E-state index in [-0.39, 0.29) is 6.04 Å². The molecule has 1 atom stereocenters. The number of imidazole rings is 1. The van der Waals surface area contributed by atoms with Crippen LogP contribution in [0.15, 0.2) is 6.33 Å². The first-order valence-electron chi connectivity index (χ1n) is 4.84. The molecule has 0 aliphatic heterocycles. The van der Waals surface area contributed by atoms with E-state index in [4.69, 9.17) is 5.73 Å². The van der Waals surface area contributed by atoms with Crippen molar-refractivity contribution in [1.82, 2.24) is 9.97 Å². The van der Waals surface area contributed by atoms with Gasteiger partial charge in [0, 0.05) is 18.2 Å². The number of rotatable bonds is 4. The lowest BCUT2D eigenvalue weighted by atomic mass is 10.0. The Kier molecular flexibility index (Phi) is 3.48. The van der Waals surface area contributed by atoms with Crippen molar-refractivity contribution in [2.45, 2.75) is 39.7 Å². The fourth-order valence-electron chi connectivity index (χ4n) is 1.53. The lowest BCUT2D eigenvalue weighted by Gasteiger charge is -2.12. The Bertz CT molecular complexity index is 252. The van der Waals surface area contributed by atoms with Gasteiger partial charge in [-0.2, -0.15) is 0 Å². The van der Waals surface area contributed by atoms with Crippen molar-refractivity contribution in [1.29, 1.82) is 0 Å². The van der Waals surface area contributed by atoms with Gasteiger partial charge in [0.1, 0.15) is 0 Å². The predicted octanol–water partition coefficient (Wildman–Crippen LogP) is 1.63. The van der Waals surface area contributed by atoms with Crippen LogP contribution >= 0.6 is 0 Å². The van der Waals surface area contributed by atoms with Gasteiger partial charge in [-0.15, -0.1) is 0 Å². The fraction of sp³-hybridized carbons (Fsp3) is 0.700. The molecule has 3 heteroatoms. The molecule has 0 radical (unpaired) electrons. The minimum Gasteiger partial charge on any atom is -0.348 e. The van der Waals surface area contributed by atoms with Crippen LogP contribution < -0.4 is 5.73 Å². The van der Waals surface area contributed by atoms with E-state index < -0.39 is 0 Å². The second-order valence-corrected chi connectivity index (χ2v) is 4.07. The SMILES string of the molecule is Cc1[nH]cnc1CC(N)CC(C)C. The molecule has 1 unspecified atom stereocenters. The highest BCUT2D eigenvalue weighted by Crippen LogP contribution is 2.09. The largest absolute Gasteiger partial charge is 0.348 e. The van der Waals surface area contributed by atoms with Gasteiger partial charge in [-0.3, -0.25) is 0 Å². The summed E-state index contributed by atoms with van der Waals surface area (Å²) < 4.78 is 0. The molecule has 1 rings (SSSR count). The van der Waals surface area contributed by atoms with E-state index in [0.717, 1.165) is 24.2 Å². The Hall–Kier alpha value is -0.830. The van der Waals surface area contributed by atoms with Crippen molar-refractivity contribution in [2.24, 2.45) is 11.7 Å². The molecule has 0 aliphatic rings. The van der Waals surface area contributed by atoms with Gasteiger partial charge in [-0.25, -0.2) is 4.98 Å². The predicted molar refractivity (Wildman–Crippen MR) is 54.5 cm³/mol. The van der Waals surface area contributed by atoms with Crippen LogP contribution in [0.2, 0.25) is 0 Å². The highest BCUT2D eigenvalue weighted by atomic mass is 14.9. The molecule has 13 heavy (non-hydrogen) atoms. The maximum atomic E-state index is 5.98. The lowest BCUT2D eigenvalue weighted by Crippen LogP contribution is -2.25. The molecule has 0 aromatic carbocycles. The van der Waals surface area contributed by atoms with Crippen LogP contribution in [0.5, 0.6) is 0 Å². The topological polar surface area (TPSA) is 54.7 Å². The second-order valence-electron chi connectivity index (χ2n) is 4.07. The molecule has 0 bridgehead atoms. The molecule has 3 nitrogen and oxygen atoms in total. The molecule has 1 aromatic heterocycles. The second kappa shape index (κ2) is 4.42. The average molecular weight is 181 g/mol. The Morgan fingerprint density at radius 3 is 2.69 bits per heavy atom. The van der Waals surface area contributed by atoms with E-state index in [2.05, 4.69) is 23.8 Å². The molecule has 0 amide bonds. The third-order valence-electron chi connectivity index (χ3n) is 2.16. The van der Waals surface area contributed by atoms with E-state index in [0.29, 0.717) is 5.92 Å². The molecular weight excluding hydrogens is 162 g/mol. The van der Waals surface area contributed by atoms with Crippen molar-refractivity contribution in [3.63, 3.8) is 0 Å². The van der Waals surface area contributed by atoms with Crippen molar-refractivity contribution in [3.05, 3.63) is 17.7 Å². The monoisotopic (exact) mass is 181 g/mol. The molecule has 0 aliphatic carbocycles. The van der Waals surface area contributed by atoms with Gasteiger partial charge in [-0.05, 0) is 19.3 Å². The zero-order valence-electron chi connectivity index (χ0n) is 8.67. The maximum absolute atomic E-state index is 5.98. The summed E-state index contributed by atoms with van der Waals surface area (Å²) in [6, 6.07) is 0.238. The van der Waals surface area contributed by atoms with Crippen LogP contribution in [0.3, 0.4) is 0 Å². The van der Waals surface area contributed by atoms with Crippen LogP contribution in [0.25, 0.3) is 0 Å². The zero-order chi connectivity index (χ0) is 9.84. The number of hydrogen-bond donors (Lipinski definition) is 2. The van der Waals surface area contributed by atoms with Gasteiger partial charge in [-0.1, -0.05) is 13.8 Å². The van der Waals surface area contributed by atoms with Gasteiger partial charge < -0.3 is 10.7 Å². The van der Waals surface area contributed by atoms with Crippen LogP contribution in [0.4, 0.5) is 0 Å². The third kappa shape index (κ3) is 3.19. The first-order chi connectivity index (χ1) is 6.09. The number of H-pyrrole nitrogens is 1. The molecule has 3 N–H and O–H groups in total. The summed E-state index contributed by atoms with van der Waals surface area (Å²) in [5, 5.41) is 0. The molecular formula is C10H19N3. The van der Waals surface area contributed by atoms with Gasteiger partial charge >= 0.3 is 0 Å². The first-order valence-corrected chi connectivity index (χ1v) is 4.84. The Balaban J connectivity index is 2.45. The summed E-state index contributed by atoms with van der Waals surface area (Å²) in [4.78, 5) is 7.29. The number of aromatic amines is 1. The first kappa shape index (κ1) is 10.3. The summed E-state index contributed by atoms with van der Waals surface area (Å²) in [5.41, 5.74) is 8.22. The number of nitrogens with zero attached hydrogens (tertiary/aromatic N) is 1. The number of hydrogen-bond acceptors (Lipinski definition) is 2. The normalized spacial score (nSPS) is 13.6. The zero-order valence-corrected chi connectivity index (χ0v) is 8.67. The highest BCUT2D eigenvalue weighted by molar-refractivity contribution is 5.09. The minimum atomic E-state index is 0.238. The highest BCUT2D eigenvalue weighted by Gasteiger charge is 2.09. The Morgan fingerprint density at radius 2 is 2.23 bits per heavy atom. The molecule has 0 saturated heterocycles. The standard InChI is InChI=1S/C10H19N3/c1-7(2)4-9(11)5-10-8(3)12-6-13-10/h6-7,9H,4-5,11H2,1-3H3,(H,12,13). The van der Waals surface area contributed by atoms with E-state index in [1.54, 1.807) is 6.33 Å². The molecule has 74 valence electrons. The molecule has 0 fully saturated rings. The van der Waals surface area contributed by atoms with Crippen LogP contribution in [-0.2, 0) is 6.42 Å². The summed E-state index contributed by atoms with van der Waals surface area (Å²) in [6.45, 7) is 6.42. The van der Waals surface area contributed by atoms with Crippen molar-refractivity contribution in [3.8, 4) is 0 Å². The number of aromatic nitrogens is 2. The average Bonchev–Trinajstić information content (AvgIpc) is 2.34. The lowest BCUT2D eigenvalue weighted by molar-refractivity contribution is 0.490. The number of aryl methyl sites for hydroxylation is 1. The summed E-state index contributed by atoms with van der Waals surface area (Å²) in [7, 11) is 0. The van der Waals surface area contributed by atoms with Crippen LogP contribution in [0.1, 0.15) is 31.7 Å². The number of nitrogens with two attached hydrogens (primary N) is 1. The molecule has 0 spiro atoms. The van der Waals surface area contributed by atoms with Crippen LogP contribution in [-0.4, -0.2) is 16.0 Å². The molecule has 1 aromatic rings. The summed E-state index contributed by atoms with van der Waals surface area (Å²) >= 11 is 0. The maximum Gasteiger partial charge on any atom is 0.0925 e. The van der Waals surface area contributed by atoms with E-state index in [9.17, 15) is 0 Å². The quantitative estimate of drug-likeness (QED) is 0.741. The Morgan fingerprint density at radius 1 is 1.54 bits per heavy atom. The molecule has 0 saturated carbocycles. The third-order valence-corrected chi connectivity index (χ3v) is 2.16. The van der Waals surface area contributed by atoms with Gasteiger partial charge in [0.2, 0.25) is 0 Å². The molecule has 1 heterocycles. The van der Waals surface area contributed by atoms with Gasteiger partial charge in [0.25, 0.3) is 0 Å². The van der Waals surface area contributed by atoms with Crippen molar-refractivity contribution in [2.75, 3.05) is 0 Å². The van der Waals surface area contributed by atoms with Crippen molar-refractivity contribution < 1.29 is 0 Å². The smallest absolute Gasteiger partial charge is 0.0925 e. The number of nitrogens with one attached hydrogen (secondary N) is 1. The van der Waals surface area contributed by atoms with E-state index >= 15 is 0 Å². The summed E-state index contributed by atoms with van der Waals surface area (Å²) in [5.74, 6) is 0.661. The fourth-order valence-corrected chi connectivity index (χ4v) is 1.53. The van der Waals surface area contributed by atoms with E-state index in [1.807, 2.05) is 6.92 Å². The summed E-state index contributed by atoms with van der Waals surface area (Å²) in [6.07, 6.45) is 3.67. The van der Waals surface area contributed by atoms with Gasteiger partial charge in [0.15, 0.2) is 0 Å². The van der Waals surface area contributed by atoms with E-state index in [1.165, 1.54) is 0 Å². The Labute approximate surface area is 79.8 Å². The minimum absolute atomic E-state index is 0.238.